The Labute approximate surface area is 103 Å². The summed E-state index contributed by atoms with van der Waals surface area (Å²) in [5.74, 6) is 1.87. The van der Waals surface area contributed by atoms with Crippen molar-refractivity contribution in [1.82, 2.24) is 5.32 Å². The average molecular weight is 239 g/mol. The predicted molar refractivity (Wildman–Crippen MR) is 66.3 cm³/mol. The number of carboxylic acid groups (broad SMARTS) is 1. The summed E-state index contributed by atoms with van der Waals surface area (Å²) in [7, 11) is 0. The molecule has 96 valence electrons. The van der Waals surface area contributed by atoms with Crippen molar-refractivity contribution in [2.24, 2.45) is 11.8 Å². The van der Waals surface area contributed by atoms with Gasteiger partial charge in [0.05, 0.1) is 0 Å². The topological polar surface area (TPSA) is 66.4 Å². The van der Waals surface area contributed by atoms with Crippen LogP contribution < -0.4 is 5.32 Å². The smallest absolute Gasteiger partial charge is 0.303 e. The lowest BCUT2D eigenvalue weighted by atomic mass is 9.94. The molecule has 0 bridgehead atoms. The molecule has 0 aromatic heterocycles. The first-order valence-corrected chi connectivity index (χ1v) is 5.87. The van der Waals surface area contributed by atoms with Crippen molar-refractivity contribution >= 4 is 11.9 Å². The van der Waals surface area contributed by atoms with E-state index in [0.717, 1.165) is 6.42 Å². The first kappa shape index (κ1) is 15.5. The summed E-state index contributed by atoms with van der Waals surface area (Å²) in [5.41, 5.74) is 0. The van der Waals surface area contributed by atoms with E-state index in [1.807, 2.05) is 13.8 Å². The molecule has 2 N–H and O–H groups in total. The third kappa shape index (κ3) is 9.43. The molecule has 0 unspecified atom stereocenters. The molecule has 1 amide bonds. The van der Waals surface area contributed by atoms with Crippen LogP contribution in [0, 0.1) is 24.2 Å². The van der Waals surface area contributed by atoms with Gasteiger partial charge >= 0.3 is 5.97 Å². The maximum Gasteiger partial charge on any atom is 0.303 e. The zero-order chi connectivity index (χ0) is 13.3. The standard InChI is InChI=1S/C13H21NO3/c1-4-5-6-12(15)14-9-11(7-10(2)3)8-13(16)17/h1,10-11H,5-9H2,2-3H3,(H,14,15)(H,16,17)/t11-/m0/s1. The van der Waals surface area contributed by atoms with E-state index in [2.05, 4.69) is 11.2 Å². The summed E-state index contributed by atoms with van der Waals surface area (Å²) < 4.78 is 0. The number of hydrogen-bond donors (Lipinski definition) is 2. The Morgan fingerprint density at radius 1 is 1.41 bits per heavy atom. The molecule has 0 aromatic rings. The highest BCUT2D eigenvalue weighted by atomic mass is 16.4. The highest BCUT2D eigenvalue weighted by Gasteiger charge is 2.15. The summed E-state index contributed by atoms with van der Waals surface area (Å²) in [4.78, 5) is 22.0. The predicted octanol–water partition coefficient (Wildman–Crippen LogP) is 1.65. The Bertz CT molecular complexity index is 292. The average Bonchev–Trinajstić information content (AvgIpc) is 2.21. The quantitative estimate of drug-likeness (QED) is 0.633. The zero-order valence-electron chi connectivity index (χ0n) is 10.5. The lowest BCUT2D eigenvalue weighted by Crippen LogP contribution is -2.30. The van der Waals surface area contributed by atoms with Gasteiger partial charge in [-0.1, -0.05) is 13.8 Å². The lowest BCUT2D eigenvalue weighted by molar-refractivity contribution is -0.138. The van der Waals surface area contributed by atoms with Crippen LogP contribution in [0.2, 0.25) is 0 Å². The molecule has 0 aromatic carbocycles. The van der Waals surface area contributed by atoms with Gasteiger partial charge in [-0.05, 0) is 18.3 Å². The second-order valence-corrected chi connectivity index (χ2v) is 4.60. The molecule has 0 fully saturated rings. The van der Waals surface area contributed by atoms with Gasteiger partial charge in [0.2, 0.25) is 5.91 Å². The fraction of sp³-hybridized carbons (Fsp3) is 0.692. The summed E-state index contributed by atoms with van der Waals surface area (Å²) in [6.45, 7) is 4.48. The molecule has 0 spiro atoms. The van der Waals surface area contributed by atoms with Gasteiger partial charge in [0.1, 0.15) is 0 Å². The summed E-state index contributed by atoms with van der Waals surface area (Å²) in [5, 5.41) is 11.5. The van der Waals surface area contributed by atoms with Crippen LogP contribution in [0.3, 0.4) is 0 Å². The molecule has 17 heavy (non-hydrogen) atoms. The molecule has 0 aliphatic heterocycles. The summed E-state index contributed by atoms with van der Waals surface area (Å²) in [6.07, 6.45) is 6.66. The number of carbonyl (C=O) groups excluding carboxylic acids is 1. The highest BCUT2D eigenvalue weighted by Crippen LogP contribution is 2.14. The van der Waals surface area contributed by atoms with Crippen LogP contribution in [0.5, 0.6) is 0 Å². The molecule has 0 radical (unpaired) electrons. The van der Waals surface area contributed by atoms with Crippen LogP contribution in [0.1, 0.15) is 39.5 Å². The van der Waals surface area contributed by atoms with Gasteiger partial charge in [-0.2, -0.15) is 0 Å². The van der Waals surface area contributed by atoms with E-state index >= 15 is 0 Å². The number of carbonyl (C=O) groups is 2. The third-order valence-electron chi connectivity index (χ3n) is 2.35. The number of hydrogen-bond acceptors (Lipinski definition) is 2. The number of rotatable bonds is 8. The van der Waals surface area contributed by atoms with Crippen LogP contribution in [0.25, 0.3) is 0 Å². The van der Waals surface area contributed by atoms with Crippen molar-refractivity contribution in [3.8, 4) is 12.3 Å². The van der Waals surface area contributed by atoms with Crippen molar-refractivity contribution in [3.63, 3.8) is 0 Å². The minimum absolute atomic E-state index is 0.0118. The third-order valence-corrected chi connectivity index (χ3v) is 2.35. The maximum atomic E-state index is 11.3. The molecule has 0 rings (SSSR count). The van der Waals surface area contributed by atoms with Gasteiger partial charge in [0.25, 0.3) is 0 Å². The fourth-order valence-electron chi connectivity index (χ4n) is 1.68. The van der Waals surface area contributed by atoms with E-state index < -0.39 is 5.97 Å². The van der Waals surface area contributed by atoms with Gasteiger partial charge in [-0.15, -0.1) is 12.3 Å². The van der Waals surface area contributed by atoms with Crippen LogP contribution >= 0.6 is 0 Å². The zero-order valence-corrected chi connectivity index (χ0v) is 10.5. The lowest BCUT2D eigenvalue weighted by Gasteiger charge is -2.17. The summed E-state index contributed by atoms with van der Waals surface area (Å²) in [6, 6.07) is 0. The van der Waals surface area contributed by atoms with E-state index in [1.54, 1.807) is 0 Å². The second kappa shape index (κ2) is 8.63. The highest BCUT2D eigenvalue weighted by molar-refractivity contribution is 5.76. The second-order valence-electron chi connectivity index (χ2n) is 4.60. The van der Waals surface area contributed by atoms with Crippen molar-refractivity contribution in [2.45, 2.75) is 39.5 Å². The minimum Gasteiger partial charge on any atom is -0.481 e. The number of carboxylic acids is 1. The van der Waals surface area contributed by atoms with Crippen LogP contribution in [0.4, 0.5) is 0 Å². The van der Waals surface area contributed by atoms with E-state index in [-0.39, 0.29) is 18.2 Å². The molecule has 0 aliphatic rings. The number of aliphatic carboxylic acids is 1. The molecule has 4 heteroatoms. The van der Waals surface area contributed by atoms with Crippen LogP contribution in [0.15, 0.2) is 0 Å². The molecule has 0 saturated carbocycles. The van der Waals surface area contributed by atoms with Crippen molar-refractivity contribution in [3.05, 3.63) is 0 Å². The maximum absolute atomic E-state index is 11.3. The van der Waals surface area contributed by atoms with E-state index in [0.29, 0.717) is 25.3 Å². The van der Waals surface area contributed by atoms with E-state index in [9.17, 15) is 9.59 Å². The Kier molecular flexibility index (Phi) is 7.87. The van der Waals surface area contributed by atoms with E-state index in [1.165, 1.54) is 0 Å². The van der Waals surface area contributed by atoms with Crippen molar-refractivity contribution < 1.29 is 14.7 Å². The molecular formula is C13H21NO3. The van der Waals surface area contributed by atoms with Gasteiger partial charge < -0.3 is 10.4 Å². The van der Waals surface area contributed by atoms with E-state index in [4.69, 9.17) is 11.5 Å². The SMILES string of the molecule is C#CCCC(=O)NC[C@H](CC(=O)O)CC(C)C. The van der Waals surface area contributed by atoms with Crippen LogP contribution in [-0.4, -0.2) is 23.5 Å². The van der Waals surface area contributed by atoms with Gasteiger partial charge in [0.15, 0.2) is 0 Å². The van der Waals surface area contributed by atoms with Crippen molar-refractivity contribution in [1.29, 1.82) is 0 Å². The van der Waals surface area contributed by atoms with Crippen LogP contribution in [-0.2, 0) is 9.59 Å². The Hall–Kier alpha value is -1.50. The van der Waals surface area contributed by atoms with Gasteiger partial charge in [0, 0.05) is 25.8 Å². The number of nitrogens with one attached hydrogen (secondary N) is 1. The Morgan fingerprint density at radius 3 is 2.53 bits per heavy atom. The largest absolute Gasteiger partial charge is 0.481 e. The molecule has 0 heterocycles. The normalized spacial score (nSPS) is 11.9. The van der Waals surface area contributed by atoms with Gasteiger partial charge in [-0.25, -0.2) is 0 Å². The molecule has 1 atom stereocenters. The molecule has 0 saturated heterocycles. The molecular weight excluding hydrogens is 218 g/mol. The molecule has 4 nitrogen and oxygen atoms in total. The number of amides is 1. The Balaban J connectivity index is 4.02. The first-order valence-electron chi connectivity index (χ1n) is 5.87. The minimum atomic E-state index is -0.825. The summed E-state index contributed by atoms with van der Waals surface area (Å²) >= 11 is 0. The van der Waals surface area contributed by atoms with Gasteiger partial charge in [-0.3, -0.25) is 9.59 Å². The fourth-order valence-corrected chi connectivity index (χ4v) is 1.68. The number of terminal acetylenes is 1. The monoisotopic (exact) mass is 239 g/mol. The Morgan fingerprint density at radius 2 is 2.06 bits per heavy atom. The van der Waals surface area contributed by atoms with Crippen molar-refractivity contribution in [2.75, 3.05) is 6.54 Å². The molecule has 0 aliphatic carbocycles. The first-order chi connectivity index (χ1) is 7.95.